The maximum Gasteiger partial charge on any atom is 0.223 e. The maximum absolute atomic E-state index is 11.7. The van der Waals surface area contributed by atoms with Crippen LogP contribution in [0.2, 0.25) is 0 Å². The second-order valence-electron chi connectivity index (χ2n) is 5.53. The summed E-state index contributed by atoms with van der Waals surface area (Å²) < 4.78 is 1.93. The van der Waals surface area contributed by atoms with Crippen molar-refractivity contribution in [2.45, 2.75) is 52.1 Å². The standard InChI is InChI=1S/C15H24N2O2/c1-4-12-7-5-6-8-17(12)10-13-15(19)14(18)9-11(2)16(13)3/h9,12,19H,4-8,10H2,1-3H3. The highest BCUT2D eigenvalue weighted by molar-refractivity contribution is 5.29. The van der Waals surface area contributed by atoms with Crippen LogP contribution >= 0.6 is 0 Å². The van der Waals surface area contributed by atoms with Gasteiger partial charge in [0.2, 0.25) is 5.43 Å². The molecule has 2 heterocycles. The van der Waals surface area contributed by atoms with Gasteiger partial charge in [-0.1, -0.05) is 13.3 Å². The van der Waals surface area contributed by atoms with Crippen molar-refractivity contribution in [3.8, 4) is 5.75 Å². The molecule has 0 radical (unpaired) electrons. The third-order valence-corrected chi connectivity index (χ3v) is 4.35. The van der Waals surface area contributed by atoms with Crippen molar-refractivity contribution in [2.24, 2.45) is 7.05 Å². The number of hydrogen-bond acceptors (Lipinski definition) is 3. The topological polar surface area (TPSA) is 45.5 Å². The number of aryl methyl sites for hydroxylation is 1. The first-order valence-electron chi connectivity index (χ1n) is 7.17. The molecule has 4 nitrogen and oxygen atoms in total. The van der Waals surface area contributed by atoms with Crippen molar-refractivity contribution in [3.05, 3.63) is 27.7 Å². The fourth-order valence-corrected chi connectivity index (χ4v) is 2.97. The number of likely N-dealkylation sites (tertiary alicyclic amines) is 1. The first-order valence-corrected chi connectivity index (χ1v) is 7.17. The second-order valence-corrected chi connectivity index (χ2v) is 5.53. The van der Waals surface area contributed by atoms with Crippen molar-refractivity contribution in [3.63, 3.8) is 0 Å². The van der Waals surface area contributed by atoms with Gasteiger partial charge < -0.3 is 9.67 Å². The molecule has 1 fully saturated rings. The molecule has 1 atom stereocenters. The molecule has 1 aliphatic heterocycles. The van der Waals surface area contributed by atoms with E-state index >= 15 is 0 Å². The van der Waals surface area contributed by atoms with E-state index in [1.165, 1.54) is 25.3 Å². The molecule has 0 aromatic carbocycles. The van der Waals surface area contributed by atoms with E-state index in [1.54, 1.807) is 0 Å². The Morgan fingerprint density at radius 3 is 2.84 bits per heavy atom. The summed E-state index contributed by atoms with van der Waals surface area (Å²) in [6, 6.07) is 2.07. The SMILES string of the molecule is CCC1CCCCN1Cc1c(O)c(=O)cc(C)n1C. The number of nitrogens with zero attached hydrogens (tertiary/aromatic N) is 2. The highest BCUT2D eigenvalue weighted by Crippen LogP contribution is 2.24. The van der Waals surface area contributed by atoms with Crippen LogP contribution in [0.15, 0.2) is 10.9 Å². The zero-order valence-corrected chi connectivity index (χ0v) is 12.1. The molecule has 1 aromatic rings. The Bertz CT molecular complexity index is 508. The van der Waals surface area contributed by atoms with Crippen LogP contribution in [0.1, 0.15) is 44.0 Å². The zero-order valence-electron chi connectivity index (χ0n) is 12.1. The highest BCUT2D eigenvalue weighted by Gasteiger charge is 2.23. The lowest BCUT2D eigenvalue weighted by Crippen LogP contribution is -2.39. The van der Waals surface area contributed by atoms with Crippen molar-refractivity contribution >= 4 is 0 Å². The van der Waals surface area contributed by atoms with Crippen molar-refractivity contribution in [2.75, 3.05) is 6.54 Å². The van der Waals surface area contributed by atoms with Crippen LogP contribution in [0, 0.1) is 6.92 Å². The first-order chi connectivity index (χ1) is 9.04. The van der Waals surface area contributed by atoms with Gasteiger partial charge >= 0.3 is 0 Å². The van der Waals surface area contributed by atoms with Crippen LogP contribution < -0.4 is 5.43 Å². The Morgan fingerprint density at radius 1 is 1.42 bits per heavy atom. The summed E-state index contributed by atoms with van der Waals surface area (Å²) in [7, 11) is 1.91. The van der Waals surface area contributed by atoms with E-state index < -0.39 is 0 Å². The largest absolute Gasteiger partial charge is 0.503 e. The molecule has 106 valence electrons. The second kappa shape index (κ2) is 5.78. The molecular formula is C15H24N2O2. The van der Waals surface area contributed by atoms with E-state index in [1.807, 2.05) is 18.5 Å². The predicted molar refractivity (Wildman–Crippen MR) is 76.4 cm³/mol. The minimum atomic E-state index is -0.268. The molecule has 4 heteroatoms. The molecule has 0 aliphatic carbocycles. The van der Waals surface area contributed by atoms with Gasteiger partial charge in [-0.25, -0.2) is 0 Å². The summed E-state index contributed by atoms with van der Waals surface area (Å²) in [4.78, 5) is 14.1. The first kappa shape index (κ1) is 14.1. The quantitative estimate of drug-likeness (QED) is 0.910. The minimum absolute atomic E-state index is 0.0893. The smallest absolute Gasteiger partial charge is 0.223 e. The van der Waals surface area contributed by atoms with Crippen molar-refractivity contribution in [1.29, 1.82) is 0 Å². The van der Waals surface area contributed by atoms with Gasteiger partial charge in [0.05, 0.1) is 5.69 Å². The summed E-state index contributed by atoms with van der Waals surface area (Å²) in [5.41, 5.74) is 1.36. The zero-order chi connectivity index (χ0) is 14.0. The van der Waals surface area contributed by atoms with Crippen LogP contribution in [0.3, 0.4) is 0 Å². The molecule has 1 aliphatic rings. The van der Waals surface area contributed by atoms with Crippen LogP contribution in [-0.2, 0) is 13.6 Å². The van der Waals surface area contributed by atoms with Gasteiger partial charge in [-0.15, -0.1) is 0 Å². The molecule has 1 N–H and O–H groups in total. The van der Waals surface area contributed by atoms with Gasteiger partial charge in [-0.05, 0) is 32.7 Å². The highest BCUT2D eigenvalue weighted by atomic mass is 16.3. The number of aromatic nitrogens is 1. The average molecular weight is 264 g/mol. The molecule has 0 bridgehead atoms. The van der Waals surface area contributed by atoms with Gasteiger partial charge in [0, 0.05) is 31.4 Å². The number of aromatic hydroxyl groups is 1. The monoisotopic (exact) mass is 264 g/mol. The van der Waals surface area contributed by atoms with E-state index in [0.717, 1.165) is 24.4 Å². The van der Waals surface area contributed by atoms with Gasteiger partial charge in [-0.3, -0.25) is 9.69 Å². The summed E-state index contributed by atoms with van der Waals surface area (Å²) in [5.74, 6) is -0.0893. The number of piperidine rings is 1. The fraction of sp³-hybridized carbons (Fsp3) is 0.667. The van der Waals surface area contributed by atoms with E-state index in [-0.39, 0.29) is 11.2 Å². The Balaban J connectivity index is 2.30. The Labute approximate surface area is 114 Å². The van der Waals surface area contributed by atoms with Crippen LogP contribution in [0.4, 0.5) is 0 Å². The van der Waals surface area contributed by atoms with Crippen molar-refractivity contribution in [1.82, 2.24) is 9.47 Å². The maximum atomic E-state index is 11.7. The van der Waals surface area contributed by atoms with E-state index in [0.29, 0.717) is 12.6 Å². The molecule has 19 heavy (non-hydrogen) atoms. The molecule has 0 amide bonds. The summed E-state index contributed by atoms with van der Waals surface area (Å²) >= 11 is 0. The van der Waals surface area contributed by atoms with Crippen LogP contribution in [0.25, 0.3) is 0 Å². The molecule has 1 unspecified atom stereocenters. The van der Waals surface area contributed by atoms with E-state index in [9.17, 15) is 9.90 Å². The van der Waals surface area contributed by atoms with Gasteiger partial charge in [0.25, 0.3) is 0 Å². The third kappa shape index (κ3) is 2.84. The van der Waals surface area contributed by atoms with E-state index in [2.05, 4.69) is 11.8 Å². The number of rotatable bonds is 3. The average Bonchev–Trinajstić information content (AvgIpc) is 2.42. The van der Waals surface area contributed by atoms with E-state index in [4.69, 9.17) is 0 Å². The Morgan fingerprint density at radius 2 is 2.16 bits per heavy atom. The molecule has 0 saturated carbocycles. The lowest BCUT2D eigenvalue weighted by Gasteiger charge is -2.35. The fourth-order valence-electron chi connectivity index (χ4n) is 2.97. The summed E-state index contributed by atoms with van der Waals surface area (Å²) in [6.07, 6.45) is 4.84. The Kier molecular flexibility index (Phi) is 4.30. The molecular weight excluding hydrogens is 240 g/mol. The summed E-state index contributed by atoms with van der Waals surface area (Å²) in [6.45, 7) is 5.83. The lowest BCUT2D eigenvalue weighted by atomic mass is 9.99. The predicted octanol–water partition coefficient (Wildman–Crippen LogP) is 2.16. The normalized spacial score (nSPS) is 20.7. The van der Waals surface area contributed by atoms with Gasteiger partial charge in [-0.2, -0.15) is 0 Å². The third-order valence-electron chi connectivity index (χ3n) is 4.35. The molecule has 2 rings (SSSR count). The van der Waals surface area contributed by atoms with Crippen LogP contribution in [-0.4, -0.2) is 27.2 Å². The minimum Gasteiger partial charge on any atom is -0.503 e. The van der Waals surface area contributed by atoms with Crippen molar-refractivity contribution < 1.29 is 5.11 Å². The molecule has 1 saturated heterocycles. The van der Waals surface area contributed by atoms with Gasteiger partial charge in [0.15, 0.2) is 5.75 Å². The lowest BCUT2D eigenvalue weighted by molar-refractivity contribution is 0.131. The Hall–Kier alpha value is -1.29. The van der Waals surface area contributed by atoms with Gasteiger partial charge in [0.1, 0.15) is 0 Å². The molecule has 1 aromatic heterocycles. The summed E-state index contributed by atoms with van der Waals surface area (Å²) in [5, 5.41) is 10.0. The molecule has 0 spiro atoms. The number of pyridine rings is 1. The van der Waals surface area contributed by atoms with Crippen LogP contribution in [0.5, 0.6) is 5.75 Å². The number of hydrogen-bond donors (Lipinski definition) is 1.